The minimum Gasteiger partial charge on any atom is -0.480 e. The summed E-state index contributed by atoms with van der Waals surface area (Å²) in [5, 5.41) is 9.28. The van der Waals surface area contributed by atoms with Gasteiger partial charge in [-0.05, 0) is 18.2 Å². The van der Waals surface area contributed by atoms with E-state index in [9.17, 15) is 14.7 Å². The number of likely N-dealkylation sites (tertiary alicyclic amines) is 1. The largest absolute Gasteiger partial charge is 0.480 e. The summed E-state index contributed by atoms with van der Waals surface area (Å²) in [5.74, 6) is -1.27. The monoisotopic (exact) mass is 288 g/mol. The number of aromatic nitrogens is 1. The van der Waals surface area contributed by atoms with E-state index in [1.807, 2.05) is 28.8 Å². The normalized spacial score (nSPS) is 21.9. The van der Waals surface area contributed by atoms with Crippen molar-refractivity contribution in [1.29, 1.82) is 0 Å². The van der Waals surface area contributed by atoms with Crippen LogP contribution in [0.4, 0.5) is 0 Å². The molecular weight excluding hydrogens is 272 g/mol. The second kappa shape index (κ2) is 5.21. The Morgan fingerprint density at radius 2 is 2.19 bits per heavy atom. The van der Waals surface area contributed by atoms with Gasteiger partial charge in [0.1, 0.15) is 6.04 Å². The van der Waals surface area contributed by atoms with Crippen molar-refractivity contribution in [3.63, 3.8) is 0 Å². The number of amides is 1. The SMILES string of the molecule is COC1CC(C(=O)O)N(C(=O)c2cc3ccccn3c2)C1. The molecule has 1 saturated heterocycles. The summed E-state index contributed by atoms with van der Waals surface area (Å²) in [6.07, 6.45) is 3.66. The molecule has 1 N–H and O–H groups in total. The maximum absolute atomic E-state index is 12.6. The van der Waals surface area contributed by atoms with Crippen LogP contribution in [0.5, 0.6) is 0 Å². The minimum absolute atomic E-state index is 0.230. The third-order valence-electron chi connectivity index (χ3n) is 3.89. The van der Waals surface area contributed by atoms with Crippen LogP contribution in [0.25, 0.3) is 5.52 Å². The van der Waals surface area contributed by atoms with Gasteiger partial charge in [-0.1, -0.05) is 6.07 Å². The lowest BCUT2D eigenvalue weighted by molar-refractivity contribution is -0.141. The van der Waals surface area contributed by atoms with Gasteiger partial charge in [-0.3, -0.25) is 4.79 Å². The standard InChI is InChI=1S/C15H16N2O4/c1-21-12-7-13(15(19)20)17(9-12)14(18)10-6-11-4-2-3-5-16(11)8-10/h2-6,8,12-13H,7,9H2,1H3,(H,19,20). The highest BCUT2D eigenvalue weighted by Gasteiger charge is 2.40. The van der Waals surface area contributed by atoms with Crippen molar-refractivity contribution < 1.29 is 19.4 Å². The third kappa shape index (κ3) is 2.38. The number of carbonyl (C=O) groups is 2. The summed E-state index contributed by atoms with van der Waals surface area (Å²) in [6, 6.07) is 6.60. The average Bonchev–Trinajstić information content (AvgIpc) is 3.10. The Morgan fingerprint density at radius 3 is 2.86 bits per heavy atom. The van der Waals surface area contributed by atoms with Crippen molar-refractivity contribution in [2.24, 2.45) is 0 Å². The molecule has 21 heavy (non-hydrogen) atoms. The number of methoxy groups -OCH3 is 1. The van der Waals surface area contributed by atoms with Gasteiger partial charge in [-0.2, -0.15) is 0 Å². The molecule has 2 aromatic heterocycles. The zero-order chi connectivity index (χ0) is 15.0. The van der Waals surface area contributed by atoms with E-state index in [4.69, 9.17) is 4.74 Å². The van der Waals surface area contributed by atoms with Gasteiger partial charge in [0.25, 0.3) is 5.91 Å². The number of hydrogen-bond acceptors (Lipinski definition) is 3. The van der Waals surface area contributed by atoms with Crippen molar-refractivity contribution >= 4 is 17.4 Å². The van der Waals surface area contributed by atoms with Crippen LogP contribution in [0.1, 0.15) is 16.8 Å². The molecular formula is C15H16N2O4. The van der Waals surface area contributed by atoms with Crippen molar-refractivity contribution in [1.82, 2.24) is 9.30 Å². The summed E-state index contributed by atoms with van der Waals surface area (Å²) in [4.78, 5) is 25.3. The number of carboxylic acid groups (broad SMARTS) is 1. The lowest BCUT2D eigenvalue weighted by Crippen LogP contribution is -2.40. The molecule has 1 amide bonds. The topological polar surface area (TPSA) is 71.2 Å². The molecule has 1 fully saturated rings. The average molecular weight is 288 g/mol. The first-order valence-corrected chi connectivity index (χ1v) is 6.73. The van der Waals surface area contributed by atoms with Gasteiger partial charge in [-0.25, -0.2) is 4.79 Å². The molecule has 0 spiro atoms. The number of rotatable bonds is 3. The molecule has 1 aliphatic heterocycles. The molecule has 1 aliphatic rings. The van der Waals surface area contributed by atoms with Crippen LogP contribution in [-0.2, 0) is 9.53 Å². The highest BCUT2D eigenvalue weighted by molar-refractivity contribution is 5.98. The number of hydrogen-bond donors (Lipinski definition) is 1. The van der Waals surface area contributed by atoms with Crippen LogP contribution in [0, 0.1) is 0 Å². The van der Waals surface area contributed by atoms with Crippen LogP contribution >= 0.6 is 0 Å². The van der Waals surface area contributed by atoms with E-state index in [1.165, 1.54) is 12.0 Å². The summed E-state index contributed by atoms with van der Waals surface area (Å²) >= 11 is 0. The minimum atomic E-state index is -0.994. The molecule has 0 aliphatic carbocycles. The third-order valence-corrected chi connectivity index (χ3v) is 3.89. The number of ether oxygens (including phenoxy) is 1. The van der Waals surface area contributed by atoms with Crippen LogP contribution < -0.4 is 0 Å². The van der Waals surface area contributed by atoms with Gasteiger partial charge in [0.2, 0.25) is 0 Å². The number of fused-ring (bicyclic) bond motifs is 1. The number of pyridine rings is 1. The predicted octanol–water partition coefficient (Wildman–Crippen LogP) is 1.25. The van der Waals surface area contributed by atoms with E-state index in [1.54, 1.807) is 12.3 Å². The smallest absolute Gasteiger partial charge is 0.326 e. The first-order chi connectivity index (χ1) is 10.1. The van der Waals surface area contributed by atoms with Crippen LogP contribution in [0.2, 0.25) is 0 Å². The molecule has 0 radical (unpaired) electrons. The van der Waals surface area contributed by atoms with E-state index in [-0.39, 0.29) is 12.0 Å². The van der Waals surface area contributed by atoms with Gasteiger partial charge < -0.3 is 19.1 Å². The van der Waals surface area contributed by atoms with Crippen molar-refractivity contribution in [3.05, 3.63) is 42.2 Å². The summed E-state index contributed by atoms with van der Waals surface area (Å²) in [7, 11) is 1.53. The summed E-state index contributed by atoms with van der Waals surface area (Å²) in [5.41, 5.74) is 1.39. The first kappa shape index (κ1) is 13.6. The van der Waals surface area contributed by atoms with E-state index in [2.05, 4.69) is 0 Å². The maximum Gasteiger partial charge on any atom is 0.326 e. The van der Waals surface area contributed by atoms with E-state index in [0.29, 0.717) is 18.5 Å². The predicted molar refractivity (Wildman–Crippen MR) is 75.3 cm³/mol. The molecule has 0 aromatic carbocycles. The summed E-state index contributed by atoms with van der Waals surface area (Å²) < 4.78 is 7.04. The van der Waals surface area contributed by atoms with Crippen molar-refractivity contribution in [2.75, 3.05) is 13.7 Å². The Labute approximate surface area is 121 Å². The Bertz CT molecular complexity index is 661. The van der Waals surface area contributed by atoms with Crippen LogP contribution in [0.15, 0.2) is 36.7 Å². The second-order valence-corrected chi connectivity index (χ2v) is 5.17. The van der Waals surface area contributed by atoms with E-state index < -0.39 is 12.0 Å². The van der Waals surface area contributed by atoms with Gasteiger partial charge in [0, 0.05) is 38.0 Å². The Kier molecular flexibility index (Phi) is 3.39. The number of carbonyl (C=O) groups excluding carboxylic acids is 1. The lowest BCUT2D eigenvalue weighted by Gasteiger charge is -2.20. The molecule has 2 atom stereocenters. The van der Waals surface area contributed by atoms with Gasteiger partial charge >= 0.3 is 5.97 Å². The zero-order valence-electron chi connectivity index (χ0n) is 11.6. The molecule has 0 saturated carbocycles. The van der Waals surface area contributed by atoms with Crippen LogP contribution in [-0.4, -0.2) is 52.1 Å². The molecule has 6 heteroatoms. The zero-order valence-corrected chi connectivity index (χ0v) is 11.6. The number of nitrogens with zero attached hydrogens (tertiary/aromatic N) is 2. The molecule has 2 aromatic rings. The highest BCUT2D eigenvalue weighted by atomic mass is 16.5. The molecule has 0 bridgehead atoms. The Hall–Kier alpha value is -2.34. The molecule has 3 rings (SSSR count). The van der Waals surface area contributed by atoms with Gasteiger partial charge in [0.05, 0.1) is 11.7 Å². The molecule has 2 unspecified atom stereocenters. The Morgan fingerprint density at radius 1 is 1.38 bits per heavy atom. The van der Waals surface area contributed by atoms with Crippen molar-refractivity contribution in [2.45, 2.75) is 18.6 Å². The molecule has 110 valence electrons. The summed E-state index contributed by atoms with van der Waals surface area (Å²) in [6.45, 7) is 0.304. The Balaban J connectivity index is 1.91. The lowest BCUT2D eigenvalue weighted by atomic mass is 10.2. The van der Waals surface area contributed by atoms with Gasteiger partial charge in [-0.15, -0.1) is 0 Å². The van der Waals surface area contributed by atoms with Gasteiger partial charge in [0.15, 0.2) is 0 Å². The maximum atomic E-state index is 12.6. The fourth-order valence-corrected chi connectivity index (χ4v) is 2.76. The fraction of sp³-hybridized carbons (Fsp3) is 0.333. The van der Waals surface area contributed by atoms with E-state index in [0.717, 1.165) is 5.52 Å². The van der Waals surface area contributed by atoms with E-state index >= 15 is 0 Å². The highest BCUT2D eigenvalue weighted by Crippen LogP contribution is 2.23. The number of carboxylic acids is 1. The fourth-order valence-electron chi connectivity index (χ4n) is 2.76. The second-order valence-electron chi connectivity index (χ2n) is 5.17. The molecule has 6 nitrogen and oxygen atoms in total. The van der Waals surface area contributed by atoms with Crippen LogP contribution in [0.3, 0.4) is 0 Å². The quantitative estimate of drug-likeness (QED) is 0.923. The first-order valence-electron chi connectivity index (χ1n) is 6.73. The van der Waals surface area contributed by atoms with Crippen molar-refractivity contribution in [3.8, 4) is 0 Å². The number of aliphatic carboxylic acids is 1. The molecule has 3 heterocycles.